The summed E-state index contributed by atoms with van der Waals surface area (Å²) in [6, 6.07) is 0. The lowest BCUT2D eigenvalue weighted by molar-refractivity contribution is -0.0913. The van der Waals surface area contributed by atoms with Crippen LogP contribution in [0.3, 0.4) is 0 Å². The fourth-order valence-corrected chi connectivity index (χ4v) is 6.80. The van der Waals surface area contributed by atoms with Crippen LogP contribution in [0.4, 0.5) is 0 Å². The number of rotatable bonds is 0. The molecule has 6 unspecified atom stereocenters. The monoisotopic (exact) mass is 278 g/mol. The van der Waals surface area contributed by atoms with Crippen LogP contribution in [0.2, 0.25) is 0 Å². The summed E-state index contributed by atoms with van der Waals surface area (Å²) in [5, 5.41) is 20.3. The fourth-order valence-electron chi connectivity index (χ4n) is 6.80. The highest BCUT2D eigenvalue weighted by Gasteiger charge is 2.56. The summed E-state index contributed by atoms with van der Waals surface area (Å²) in [4.78, 5) is 0. The molecule has 114 valence electrons. The lowest BCUT2D eigenvalue weighted by Gasteiger charge is -2.55. The van der Waals surface area contributed by atoms with Crippen molar-refractivity contribution in [1.29, 1.82) is 0 Å². The molecule has 2 N–H and O–H groups in total. The molecule has 0 amide bonds. The Hall–Kier alpha value is -0.0800. The largest absolute Gasteiger partial charge is 0.393 e. The SMILES string of the molecule is CC12CCC3C(CC[C@@H]4CC(O)CCC34)C1CC[C@@H]2O. The van der Waals surface area contributed by atoms with Crippen molar-refractivity contribution in [3.05, 3.63) is 0 Å². The van der Waals surface area contributed by atoms with Crippen molar-refractivity contribution in [2.24, 2.45) is 35.0 Å². The summed E-state index contributed by atoms with van der Waals surface area (Å²) in [6.07, 6.45) is 10.9. The van der Waals surface area contributed by atoms with Crippen molar-refractivity contribution < 1.29 is 10.2 Å². The van der Waals surface area contributed by atoms with Crippen molar-refractivity contribution in [3.8, 4) is 0 Å². The second kappa shape index (κ2) is 4.71. The van der Waals surface area contributed by atoms with Gasteiger partial charge in [0.1, 0.15) is 0 Å². The van der Waals surface area contributed by atoms with Crippen LogP contribution in [0.15, 0.2) is 0 Å². The first-order valence-corrected chi connectivity index (χ1v) is 8.95. The van der Waals surface area contributed by atoms with Crippen LogP contribution in [-0.2, 0) is 0 Å². The van der Waals surface area contributed by atoms with Gasteiger partial charge in [-0.05, 0) is 92.8 Å². The van der Waals surface area contributed by atoms with Gasteiger partial charge >= 0.3 is 0 Å². The Balaban J connectivity index is 1.57. The van der Waals surface area contributed by atoms with Gasteiger partial charge in [0.2, 0.25) is 0 Å². The smallest absolute Gasteiger partial charge is 0.0596 e. The number of aliphatic hydroxyl groups excluding tert-OH is 2. The van der Waals surface area contributed by atoms with Gasteiger partial charge in [-0.3, -0.25) is 0 Å². The molecular formula is C18H30O2. The van der Waals surface area contributed by atoms with Gasteiger partial charge in [0.05, 0.1) is 12.2 Å². The summed E-state index contributed by atoms with van der Waals surface area (Å²) >= 11 is 0. The molecule has 0 heterocycles. The summed E-state index contributed by atoms with van der Waals surface area (Å²) < 4.78 is 0. The molecule has 0 aromatic rings. The lowest BCUT2D eigenvalue weighted by Crippen LogP contribution is -2.49. The molecule has 8 atom stereocenters. The van der Waals surface area contributed by atoms with Gasteiger partial charge in [-0.1, -0.05) is 6.92 Å². The predicted octanol–water partition coefficient (Wildman–Crippen LogP) is 3.36. The second-order valence-corrected chi connectivity index (χ2v) is 8.54. The standard InChI is InChI=1S/C18H30O2/c1-18-9-8-14-13-5-3-12(19)10-11(13)2-4-15(14)16(18)6-7-17(18)20/h11-17,19-20H,2-10H2,1H3/t11-,12?,13?,14?,15?,16?,17+,18?/m1/s1. The van der Waals surface area contributed by atoms with E-state index in [-0.39, 0.29) is 17.6 Å². The van der Waals surface area contributed by atoms with Gasteiger partial charge < -0.3 is 10.2 Å². The van der Waals surface area contributed by atoms with E-state index in [0.717, 1.165) is 48.9 Å². The summed E-state index contributed by atoms with van der Waals surface area (Å²) in [6.45, 7) is 2.36. The topological polar surface area (TPSA) is 40.5 Å². The molecule has 0 aliphatic heterocycles. The van der Waals surface area contributed by atoms with E-state index in [2.05, 4.69) is 6.92 Å². The number of aliphatic hydroxyl groups is 2. The maximum Gasteiger partial charge on any atom is 0.0596 e. The van der Waals surface area contributed by atoms with Crippen molar-refractivity contribution >= 4 is 0 Å². The number of hydrogen-bond donors (Lipinski definition) is 2. The molecule has 2 nitrogen and oxygen atoms in total. The zero-order valence-corrected chi connectivity index (χ0v) is 12.8. The Morgan fingerprint density at radius 1 is 0.800 bits per heavy atom. The van der Waals surface area contributed by atoms with Gasteiger partial charge in [0, 0.05) is 0 Å². The Bertz CT molecular complexity index is 382. The third-order valence-electron chi connectivity index (χ3n) is 7.88. The average Bonchev–Trinajstić information content (AvgIpc) is 2.74. The Labute approximate surface area is 123 Å². The van der Waals surface area contributed by atoms with Crippen molar-refractivity contribution in [3.63, 3.8) is 0 Å². The Morgan fingerprint density at radius 2 is 1.60 bits per heavy atom. The first-order valence-electron chi connectivity index (χ1n) is 8.95. The summed E-state index contributed by atoms with van der Waals surface area (Å²) in [5.74, 6) is 4.26. The van der Waals surface area contributed by atoms with Gasteiger partial charge in [0.15, 0.2) is 0 Å². The third kappa shape index (κ3) is 1.83. The van der Waals surface area contributed by atoms with Crippen molar-refractivity contribution in [1.82, 2.24) is 0 Å². The maximum absolute atomic E-state index is 10.4. The molecule has 4 rings (SSSR count). The van der Waals surface area contributed by atoms with E-state index in [4.69, 9.17) is 0 Å². The molecule has 0 spiro atoms. The molecule has 20 heavy (non-hydrogen) atoms. The van der Waals surface area contributed by atoms with Crippen LogP contribution in [0.5, 0.6) is 0 Å². The zero-order valence-electron chi connectivity index (χ0n) is 12.8. The third-order valence-corrected chi connectivity index (χ3v) is 7.88. The van der Waals surface area contributed by atoms with Gasteiger partial charge in [-0.2, -0.15) is 0 Å². The van der Waals surface area contributed by atoms with Gasteiger partial charge in [-0.25, -0.2) is 0 Å². The van der Waals surface area contributed by atoms with E-state index in [1.54, 1.807) is 0 Å². The van der Waals surface area contributed by atoms with Gasteiger partial charge in [0.25, 0.3) is 0 Å². The molecule has 0 radical (unpaired) electrons. The average molecular weight is 278 g/mol. The minimum atomic E-state index is -0.0423. The quantitative estimate of drug-likeness (QED) is 0.713. The molecule has 0 aromatic heterocycles. The van der Waals surface area contributed by atoms with E-state index >= 15 is 0 Å². The second-order valence-electron chi connectivity index (χ2n) is 8.54. The van der Waals surface area contributed by atoms with Crippen LogP contribution in [-0.4, -0.2) is 22.4 Å². The highest BCUT2D eigenvalue weighted by Crippen LogP contribution is 2.62. The molecule has 0 bridgehead atoms. The number of hydrogen-bond acceptors (Lipinski definition) is 2. The van der Waals surface area contributed by atoms with E-state index in [1.807, 2.05) is 0 Å². The van der Waals surface area contributed by atoms with Crippen molar-refractivity contribution in [2.75, 3.05) is 0 Å². The normalized spacial score (nSPS) is 58.6. The van der Waals surface area contributed by atoms with Crippen LogP contribution in [0.25, 0.3) is 0 Å². The van der Waals surface area contributed by atoms with Crippen LogP contribution in [0, 0.1) is 35.0 Å². The Kier molecular flexibility index (Phi) is 3.20. The molecule has 4 fully saturated rings. The first-order chi connectivity index (χ1) is 9.59. The highest BCUT2D eigenvalue weighted by atomic mass is 16.3. The van der Waals surface area contributed by atoms with E-state index in [9.17, 15) is 10.2 Å². The minimum Gasteiger partial charge on any atom is -0.393 e. The summed E-state index contributed by atoms with van der Waals surface area (Å²) in [5.41, 5.74) is 0.224. The molecular weight excluding hydrogens is 248 g/mol. The van der Waals surface area contributed by atoms with Crippen molar-refractivity contribution in [2.45, 2.75) is 76.9 Å². The van der Waals surface area contributed by atoms with Crippen LogP contribution < -0.4 is 0 Å². The van der Waals surface area contributed by atoms with E-state index < -0.39 is 0 Å². The first kappa shape index (κ1) is 13.6. The minimum absolute atomic E-state index is 0.0186. The molecule has 4 saturated carbocycles. The number of fused-ring (bicyclic) bond motifs is 5. The summed E-state index contributed by atoms with van der Waals surface area (Å²) in [7, 11) is 0. The molecule has 4 aliphatic carbocycles. The predicted molar refractivity (Wildman–Crippen MR) is 79.1 cm³/mol. The van der Waals surface area contributed by atoms with Crippen LogP contribution >= 0.6 is 0 Å². The van der Waals surface area contributed by atoms with Crippen LogP contribution in [0.1, 0.15) is 64.7 Å². The molecule has 0 aromatic carbocycles. The molecule has 2 heteroatoms. The highest BCUT2D eigenvalue weighted by molar-refractivity contribution is 5.06. The Morgan fingerprint density at radius 3 is 2.45 bits per heavy atom. The lowest BCUT2D eigenvalue weighted by atomic mass is 9.50. The van der Waals surface area contributed by atoms with Gasteiger partial charge in [-0.15, -0.1) is 0 Å². The molecule has 4 aliphatic rings. The fraction of sp³-hybridized carbons (Fsp3) is 1.00. The molecule has 0 saturated heterocycles. The zero-order chi connectivity index (χ0) is 13.9. The maximum atomic E-state index is 10.4. The van der Waals surface area contributed by atoms with E-state index in [0.29, 0.717) is 0 Å². The van der Waals surface area contributed by atoms with E-state index in [1.165, 1.54) is 38.5 Å².